The maximum atomic E-state index is 13.4. The highest BCUT2D eigenvalue weighted by Gasteiger charge is 2.38. The first kappa shape index (κ1) is 18.2. The van der Waals surface area contributed by atoms with Crippen LogP contribution in [0.25, 0.3) is 0 Å². The number of aryl methyl sites for hydroxylation is 2. The van der Waals surface area contributed by atoms with Crippen LogP contribution in [0.1, 0.15) is 40.5 Å². The van der Waals surface area contributed by atoms with E-state index in [-0.39, 0.29) is 18.1 Å². The number of benzene rings is 1. The molecule has 1 aromatic heterocycles. The molecular formula is C21H28N4O2. The second-order valence-electron chi connectivity index (χ2n) is 7.57. The number of ether oxygens (including phenoxy) is 1. The van der Waals surface area contributed by atoms with Crippen molar-refractivity contribution in [3.8, 4) is 0 Å². The molecule has 2 aliphatic heterocycles. The molecule has 0 bridgehead atoms. The van der Waals surface area contributed by atoms with Gasteiger partial charge in [-0.1, -0.05) is 30.3 Å². The van der Waals surface area contributed by atoms with Crippen LogP contribution in [0.4, 0.5) is 0 Å². The third-order valence-electron chi connectivity index (χ3n) is 5.63. The molecule has 0 aliphatic carbocycles. The van der Waals surface area contributed by atoms with Crippen LogP contribution in [0.3, 0.4) is 0 Å². The fraction of sp³-hybridized carbons (Fsp3) is 0.524. The van der Waals surface area contributed by atoms with Gasteiger partial charge in [0, 0.05) is 26.3 Å². The van der Waals surface area contributed by atoms with Crippen LogP contribution in [-0.4, -0.2) is 64.4 Å². The van der Waals surface area contributed by atoms with E-state index in [9.17, 15) is 4.79 Å². The quantitative estimate of drug-likeness (QED) is 0.832. The third-order valence-corrected chi connectivity index (χ3v) is 5.63. The van der Waals surface area contributed by atoms with Crippen molar-refractivity contribution < 1.29 is 9.53 Å². The summed E-state index contributed by atoms with van der Waals surface area (Å²) in [6.07, 6.45) is 4.31. The molecule has 2 aromatic rings. The van der Waals surface area contributed by atoms with E-state index in [4.69, 9.17) is 4.74 Å². The van der Waals surface area contributed by atoms with Crippen LogP contribution >= 0.6 is 0 Å². The zero-order valence-corrected chi connectivity index (χ0v) is 16.2. The predicted molar refractivity (Wildman–Crippen MR) is 104 cm³/mol. The Morgan fingerprint density at radius 2 is 1.93 bits per heavy atom. The Bertz CT molecular complexity index is 783. The molecule has 2 fully saturated rings. The Labute approximate surface area is 160 Å². The van der Waals surface area contributed by atoms with Gasteiger partial charge in [0.1, 0.15) is 0 Å². The van der Waals surface area contributed by atoms with Crippen LogP contribution in [0.15, 0.2) is 36.5 Å². The summed E-state index contributed by atoms with van der Waals surface area (Å²) in [6.45, 7) is 6.19. The van der Waals surface area contributed by atoms with E-state index in [1.165, 1.54) is 12.8 Å². The molecule has 0 spiro atoms. The molecule has 0 unspecified atom stereocenters. The molecule has 4 rings (SSSR count). The Kier molecular flexibility index (Phi) is 5.27. The minimum atomic E-state index is -0.0762. The van der Waals surface area contributed by atoms with Crippen molar-refractivity contribution in [1.82, 2.24) is 19.6 Å². The van der Waals surface area contributed by atoms with Gasteiger partial charge in [0.25, 0.3) is 5.91 Å². The van der Waals surface area contributed by atoms with Gasteiger partial charge in [-0.2, -0.15) is 5.10 Å². The van der Waals surface area contributed by atoms with Gasteiger partial charge in [-0.15, -0.1) is 0 Å². The lowest BCUT2D eigenvalue weighted by Crippen LogP contribution is -2.51. The number of aromatic nitrogens is 2. The molecule has 6 heteroatoms. The van der Waals surface area contributed by atoms with Crippen molar-refractivity contribution in [1.29, 1.82) is 0 Å². The highest BCUT2D eigenvalue weighted by Crippen LogP contribution is 2.32. The summed E-state index contributed by atoms with van der Waals surface area (Å²) in [5, 5.41) is 4.36. The molecule has 2 atom stereocenters. The third kappa shape index (κ3) is 3.77. The van der Waals surface area contributed by atoms with E-state index >= 15 is 0 Å². The number of hydrogen-bond acceptors (Lipinski definition) is 4. The SMILES string of the molecule is Cc1nn(C)cc1C(=O)N1CCO[C@@H](CN2CCCC2)[C@@H]1c1ccccc1. The van der Waals surface area contributed by atoms with E-state index in [1.54, 1.807) is 4.68 Å². The van der Waals surface area contributed by atoms with Gasteiger partial charge < -0.3 is 14.5 Å². The summed E-state index contributed by atoms with van der Waals surface area (Å²) in [6, 6.07) is 10.2. The van der Waals surface area contributed by atoms with Crippen molar-refractivity contribution in [2.24, 2.45) is 7.05 Å². The Morgan fingerprint density at radius 1 is 1.19 bits per heavy atom. The van der Waals surface area contributed by atoms with Crippen molar-refractivity contribution in [2.75, 3.05) is 32.8 Å². The number of carbonyl (C=O) groups excluding carboxylic acids is 1. The minimum absolute atomic E-state index is 0.0137. The largest absolute Gasteiger partial charge is 0.373 e. The molecule has 6 nitrogen and oxygen atoms in total. The number of carbonyl (C=O) groups is 1. The normalized spacial score (nSPS) is 23.7. The lowest BCUT2D eigenvalue weighted by molar-refractivity contribution is -0.0707. The number of likely N-dealkylation sites (tertiary alicyclic amines) is 1. The number of nitrogens with zero attached hydrogens (tertiary/aromatic N) is 4. The summed E-state index contributed by atoms with van der Waals surface area (Å²) in [5.41, 5.74) is 2.59. The number of morpholine rings is 1. The Morgan fingerprint density at radius 3 is 2.59 bits per heavy atom. The fourth-order valence-electron chi connectivity index (χ4n) is 4.34. The van der Waals surface area contributed by atoms with Gasteiger partial charge in [0.15, 0.2) is 0 Å². The monoisotopic (exact) mass is 368 g/mol. The molecule has 0 N–H and O–H groups in total. The summed E-state index contributed by atoms with van der Waals surface area (Å²) in [4.78, 5) is 17.9. The van der Waals surface area contributed by atoms with Gasteiger partial charge in [-0.25, -0.2) is 0 Å². The second-order valence-corrected chi connectivity index (χ2v) is 7.57. The van der Waals surface area contributed by atoms with Gasteiger partial charge in [0.2, 0.25) is 0 Å². The second kappa shape index (κ2) is 7.82. The highest BCUT2D eigenvalue weighted by atomic mass is 16.5. The number of hydrogen-bond donors (Lipinski definition) is 0. The number of rotatable bonds is 4. The molecule has 0 saturated carbocycles. The minimum Gasteiger partial charge on any atom is -0.373 e. The standard InChI is InChI=1S/C21H28N4O2/c1-16-18(14-23(2)22-16)21(26)25-12-13-27-19(15-24-10-6-7-11-24)20(25)17-8-4-3-5-9-17/h3-5,8-9,14,19-20H,6-7,10-13,15H2,1-2H3/t19-,20-/m0/s1. The van der Waals surface area contributed by atoms with Crippen molar-refractivity contribution >= 4 is 5.91 Å². The smallest absolute Gasteiger partial charge is 0.258 e. The zero-order valence-electron chi connectivity index (χ0n) is 16.2. The van der Waals surface area contributed by atoms with Gasteiger partial charge in [-0.3, -0.25) is 9.48 Å². The number of amides is 1. The average molecular weight is 368 g/mol. The Balaban J connectivity index is 1.65. The van der Waals surface area contributed by atoms with Gasteiger partial charge in [0.05, 0.1) is 30.0 Å². The van der Waals surface area contributed by atoms with Crippen molar-refractivity contribution in [2.45, 2.75) is 31.9 Å². The van der Waals surface area contributed by atoms with Gasteiger partial charge in [-0.05, 0) is 38.4 Å². The summed E-state index contributed by atoms with van der Waals surface area (Å²) >= 11 is 0. The van der Waals surface area contributed by atoms with E-state index < -0.39 is 0 Å². The maximum absolute atomic E-state index is 13.4. The molecule has 2 saturated heterocycles. The van der Waals surface area contributed by atoms with Crippen molar-refractivity contribution in [3.63, 3.8) is 0 Å². The lowest BCUT2D eigenvalue weighted by atomic mass is 9.96. The maximum Gasteiger partial charge on any atom is 0.258 e. The molecule has 144 valence electrons. The van der Waals surface area contributed by atoms with E-state index in [2.05, 4.69) is 22.1 Å². The molecule has 27 heavy (non-hydrogen) atoms. The van der Waals surface area contributed by atoms with Gasteiger partial charge >= 0.3 is 0 Å². The van der Waals surface area contributed by atoms with E-state index in [0.717, 1.165) is 30.9 Å². The van der Waals surface area contributed by atoms with Crippen LogP contribution in [-0.2, 0) is 11.8 Å². The van der Waals surface area contributed by atoms with Crippen LogP contribution in [0.5, 0.6) is 0 Å². The van der Waals surface area contributed by atoms with Crippen LogP contribution < -0.4 is 0 Å². The molecular weight excluding hydrogens is 340 g/mol. The average Bonchev–Trinajstić information content (AvgIpc) is 3.30. The molecule has 2 aliphatic rings. The summed E-state index contributed by atoms with van der Waals surface area (Å²) in [5.74, 6) is 0.0455. The van der Waals surface area contributed by atoms with Crippen molar-refractivity contribution in [3.05, 3.63) is 53.3 Å². The zero-order chi connectivity index (χ0) is 18.8. The predicted octanol–water partition coefficient (Wildman–Crippen LogP) is 2.41. The van der Waals surface area contributed by atoms with E-state index in [1.807, 2.05) is 43.3 Å². The first-order valence-corrected chi connectivity index (χ1v) is 9.83. The first-order chi connectivity index (χ1) is 13.1. The topological polar surface area (TPSA) is 50.6 Å². The fourth-order valence-corrected chi connectivity index (χ4v) is 4.34. The summed E-state index contributed by atoms with van der Waals surface area (Å²) < 4.78 is 7.91. The van der Waals surface area contributed by atoms with Crippen LogP contribution in [0.2, 0.25) is 0 Å². The summed E-state index contributed by atoms with van der Waals surface area (Å²) in [7, 11) is 1.86. The molecule has 1 aromatic carbocycles. The molecule has 0 radical (unpaired) electrons. The molecule has 1 amide bonds. The molecule has 3 heterocycles. The Hall–Kier alpha value is -2.18. The lowest BCUT2D eigenvalue weighted by Gasteiger charge is -2.42. The van der Waals surface area contributed by atoms with Crippen LogP contribution in [0, 0.1) is 6.92 Å². The first-order valence-electron chi connectivity index (χ1n) is 9.83. The van der Waals surface area contributed by atoms with E-state index in [0.29, 0.717) is 18.7 Å². The highest BCUT2D eigenvalue weighted by molar-refractivity contribution is 5.95.